The van der Waals surface area contributed by atoms with Crippen LogP contribution in [-0.2, 0) is 10.0 Å². The Morgan fingerprint density at radius 2 is 1.52 bits per heavy atom. The highest BCUT2D eigenvalue weighted by Crippen LogP contribution is 2.20. The van der Waals surface area contributed by atoms with Gasteiger partial charge >= 0.3 is 0 Å². The van der Waals surface area contributed by atoms with Gasteiger partial charge in [0.25, 0.3) is 11.8 Å². The van der Waals surface area contributed by atoms with Crippen molar-refractivity contribution in [3.8, 4) is 0 Å². The standard InChI is InChI=1S/C21H23ClFN3O4S/c1-14(2)24-31(29,30)17-6-3-15(4-7-17)20(27)25-9-11-26(12-10-25)21(28)18-8-5-16(23)13-19(18)22/h3-8,13-14,24H,9-12H2,1-2H3. The summed E-state index contributed by atoms with van der Waals surface area (Å²) in [6.45, 7) is 4.70. The van der Waals surface area contributed by atoms with Gasteiger partial charge in [-0.25, -0.2) is 17.5 Å². The first-order chi connectivity index (χ1) is 14.6. The minimum Gasteiger partial charge on any atom is -0.335 e. The normalized spacial score (nSPS) is 14.7. The lowest BCUT2D eigenvalue weighted by molar-refractivity contribution is 0.0535. The monoisotopic (exact) mass is 467 g/mol. The Bertz CT molecular complexity index is 1080. The molecule has 1 N–H and O–H groups in total. The third kappa shape index (κ3) is 5.41. The number of hydrogen-bond acceptors (Lipinski definition) is 4. The van der Waals surface area contributed by atoms with Gasteiger partial charge in [0.2, 0.25) is 10.0 Å². The number of nitrogens with zero attached hydrogens (tertiary/aromatic N) is 2. The minimum absolute atomic E-state index is 0.0468. The second kappa shape index (κ2) is 9.33. The fraction of sp³-hybridized carbons (Fsp3) is 0.333. The predicted molar refractivity (Wildman–Crippen MR) is 115 cm³/mol. The molecule has 0 radical (unpaired) electrons. The van der Waals surface area contributed by atoms with Crippen LogP contribution in [-0.4, -0.2) is 62.3 Å². The molecule has 166 valence electrons. The molecule has 10 heteroatoms. The Balaban J connectivity index is 1.63. The molecule has 0 bridgehead atoms. The SMILES string of the molecule is CC(C)NS(=O)(=O)c1ccc(C(=O)N2CCN(C(=O)c3ccc(F)cc3Cl)CC2)cc1. The molecule has 1 fully saturated rings. The maximum Gasteiger partial charge on any atom is 0.255 e. The minimum atomic E-state index is -3.63. The molecule has 1 aliphatic heterocycles. The van der Waals surface area contributed by atoms with Crippen LogP contribution >= 0.6 is 11.6 Å². The van der Waals surface area contributed by atoms with Crippen LogP contribution in [0.25, 0.3) is 0 Å². The van der Waals surface area contributed by atoms with E-state index in [0.717, 1.165) is 6.07 Å². The van der Waals surface area contributed by atoms with Gasteiger partial charge in [0.05, 0.1) is 15.5 Å². The first kappa shape index (κ1) is 23.2. The second-order valence-corrected chi connectivity index (χ2v) is 9.63. The summed E-state index contributed by atoms with van der Waals surface area (Å²) in [4.78, 5) is 28.7. The van der Waals surface area contributed by atoms with Gasteiger partial charge in [0.1, 0.15) is 5.82 Å². The van der Waals surface area contributed by atoms with E-state index in [-0.39, 0.29) is 33.3 Å². The van der Waals surface area contributed by atoms with Crippen LogP contribution in [0.2, 0.25) is 5.02 Å². The van der Waals surface area contributed by atoms with Crippen LogP contribution in [0, 0.1) is 5.82 Å². The molecular weight excluding hydrogens is 445 g/mol. The Labute approximate surface area is 185 Å². The Morgan fingerprint density at radius 3 is 2.03 bits per heavy atom. The lowest BCUT2D eigenvalue weighted by atomic mass is 10.1. The molecule has 1 aliphatic rings. The average Bonchev–Trinajstić information content (AvgIpc) is 2.72. The van der Waals surface area contributed by atoms with Gasteiger partial charge in [-0.1, -0.05) is 11.6 Å². The zero-order valence-corrected chi connectivity index (χ0v) is 18.7. The Morgan fingerprint density at radius 1 is 0.968 bits per heavy atom. The number of carbonyl (C=O) groups is 2. The number of amides is 2. The van der Waals surface area contributed by atoms with Gasteiger partial charge in [-0.15, -0.1) is 0 Å². The van der Waals surface area contributed by atoms with Gasteiger partial charge in [0, 0.05) is 37.8 Å². The van der Waals surface area contributed by atoms with Crippen LogP contribution in [0.3, 0.4) is 0 Å². The molecule has 0 aromatic heterocycles. The number of piperazine rings is 1. The summed E-state index contributed by atoms with van der Waals surface area (Å²) in [7, 11) is -3.63. The largest absolute Gasteiger partial charge is 0.335 e. The molecule has 0 aliphatic carbocycles. The summed E-state index contributed by atoms with van der Waals surface area (Å²) in [5.74, 6) is -1.08. The highest BCUT2D eigenvalue weighted by atomic mass is 35.5. The maximum atomic E-state index is 13.2. The van der Waals surface area contributed by atoms with E-state index in [1.165, 1.54) is 36.4 Å². The van der Waals surface area contributed by atoms with E-state index in [0.29, 0.717) is 31.7 Å². The fourth-order valence-electron chi connectivity index (χ4n) is 3.28. The number of benzene rings is 2. The van der Waals surface area contributed by atoms with Crippen molar-refractivity contribution in [2.45, 2.75) is 24.8 Å². The van der Waals surface area contributed by atoms with Crippen molar-refractivity contribution in [1.82, 2.24) is 14.5 Å². The summed E-state index contributed by atoms with van der Waals surface area (Å²) in [5.41, 5.74) is 0.583. The van der Waals surface area contributed by atoms with E-state index in [2.05, 4.69) is 4.72 Å². The Hall–Kier alpha value is -2.49. The van der Waals surface area contributed by atoms with Crippen molar-refractivity contribution in [1.29, 1.82) is 0 Å². The van der Waals surface area contributed by atoms with E-state index in [1.807, 2.05) is 0 Å². The number of carbonyl (C=O) groups excluding carboxylic acids is 2. The second-order valence-electron chi connectivity index (χ2n) is 7.51. The summed E-state index contributed by atoms with van der Waals surface area (Å²) < 4.78 is 40.1. The highest BCUT2D eigenvalue weighted by Gasteiger charge is 2.27. The average molecular weight is 468 g/mol. The van der Waals surface area contributed by atoms with Crippen LogP contribution in [0.5, 0.6) is 0 Å². The fourth-order valence-corrected chi connectivity index (χ4v) is 4.78. The zero-order chi connectivity index (χ0) is 22.8. The molecule has 2 aromatic rings. The summed E-state index contributed by atoms with van der Waals surface area (Å²) >= 11 is 5.98. The van der Waals surface area contributed by atoms with E-state index < -0.39 is 15.8 Å². The van der Waals surface area contributed by atoms with Gasteiger partial charge < -0.3 is 9.80 Å². The molecule has 0 atom stereocenters. The smallest absolute Gasteiger partial charge is 0.255 e. The summed E-state index contributed by atoms with van der Waals surface area (Å²) in [5, 5.41) is 0.0468. The van der Waals surface area contributed by atoms with Crippen molar-refractivity contribution < 1.29 is 22.4 Å². The number of rotatable bonds is 5. The zero-order valence-electron chi connectivity index (χ0n) is 17.1. The Kier molecular flexibility index (Phi) is 6.98. The lowest BCUT2D eigenvalue weighted by Gasteiger charge is -2.35. The predicted octanol–water partition coefficient (Wildman–Crippen LogP) is 2.76. The number of nitrogens with one attached hydrogen (secondary N) is 1. The van der Waals surface area contributed by atoms with Gasteiger partial charge in [-0.05, 0) is 56.3 Å². The van der Waals surface area contributed by atoms with Gasteiger partial charge in [-0.3, -0.25) is 9.59 Å². The molecule has 2 aromatic carbocycles. The molecule has 7 nitrogen and oxygen atoms in total. The van der Waals surface area contributed by atoms with E-state index in [1.54, 1.807) is 23.6 Å². The quantitative estimate of drug-likeness (QED) is 0.732. The third-order valence-corrected chi connectivity index (χ3v) is 6.81. The third-order valence-electron chi connectivity index (χ3n) is 4.82. The van der Waals surface area contributed by atoms with Crippen molar-refractivity contribution in [2.24, 2.45) is 0 Å². The maximum absolute atomic E-state index is 13.2. The molecule has 0 unspecified atom stereocenters. The first-order valence-electron chi connectivity index (χ1n) is 9.74. The molecule has 2 amide bonds. The van der Waals surface area contributed by atoms with Gasteiger partial charge in [-0.2, -0.15) is 0 Å². The van der Waals surface area contributed by atoms with Crippen LogP contribution in [0.4, 0.5) is 4.39 Å². The van der Waals surface area contributed by atoms with E-state index in [4.69, 9.17) is 11.6 Å². The highest BCUT2D eigenvalue weighted by molar-refractivity contribution is 7.89. The molecular formula is C21H23ClFN3O4S. The van der Waals surface area contributed by atoms with Crippen molar-refractivity contribution in [3.05, 3.63) is 64.4 Å². The summed E-state index contributed by atoms with van der Waals surface area (Å²) in [6, 6.07) is 9.13. The molecule has 31 heavy (non-hydrogen) atoms. The number of sulfonamides is 1. The van der Waals surface area contributed by atoms with E-state index in [9.17, 15) is 22.4 Å². The molecule has 1 saturated heterocycles. The summed E-state index contributed by atoms with van der Waals surface area (Å²) in [6.07, 6.45) is 0. The number of hydrogen-bond donors (Lipinski definition) is 1. The topological polar surface area (TPSA) is 86.8 Å². The van der Waals surface area contributed by atoms with Crippen LogP contribution in [0.1, 0.15) is 34.6 Å². The van der Waals surface area contributed by atoms with Crippen LogP contribution in [0.15, 0.2) is 47.4 Å². The van der Waals surface area contributed by atoms with Crippen molar-refractivity contribution >= 4 is 33.4 Å². The van der Waals surface area contributed by atoms with Crippen molar-refractivity contribution in [2.75, 3.05) is 26.2 Å². The van der Waals surface area contributed by atoms with Crippen LogP contribution < -0.4 is 4.72 Å². The molecule has 0 saturated carbocycles. The molecule has 1 heterocycles. The molecule has 3 rings (SSSR count). The van der Waals surface area contributed by atoms with E-state index >= 15 is 0 Å². The van der Waals surface area contributed by atoms with Gasteiger partial charge in [0.15, 0.2) is 0 Å². The number of halogens is 2. The van der Waals surface area contributed by atoms with Crippen molar-refractivity contribution in [3.63, 3.8) is 0 Å². The lowest BCUT2D eigenvalue weighted by Crippen LogP contribution is -2.50. The first-order valence-corrected chi connectivity index (χ1v) is 11.6. The molecule has 0 spiro atoms.